The average molecular weight is 253 g/mol. The zero-order valence-corrected chi connectivity index (χ0v) is 11.2. The number of esters is 1. The van der Waals surface area contributed by atoms with Crippen LogP contribution in [-0.2, 0) is 16.1 Å². The van der Waals surface area contributed by atoms with Crippen LogP contribution in [0.1, 0.15) is 12.5 Å². The van der Waals surface area contributed by atoms with Crippen LogP contribution < -0.4 is 0 Å². The Kier molecular flexibility index (Phi) is 6.08. The van der Waals surface area contributed by atoms with Crippen LogP contribution in [0.15, 0.2) is 30.3 Å². The second kappa shape index (κ2) is 7.35. The van der Waals surface area contributed by atoms with Crippen LogP contribution in [0.25, 0.3) is 0 Å². The summed E-state index contributed by atoms with van der Waals surface area (Å²) in [6.45, 7) is 2.93. The predicted octanol–water partition coefficient (Wildman–Crippen LogP) is 1.98. The molecule has 0 bridgehead atoms. The van der Waals surface area contributed by atoms with Crippen LogP contribution in [0.4, 0.5) is 0 Å². The Hall–Kier alpha value is -1.00. The van der Waals surface area contributed by atoms with Crippen molar-refractivity contribution < 1.29 is 9.53 Å². The molecule has 0 heterocycles. The van der Waals surface area contributed by atoms with Gasteiger partial charge in [0.2, 0.25) is 0 Å². The van der Waals surface area contributed by atoms with Gasteiger partial charge in [-0.05, 0) is 19.5 Å². The molecular weight excluding hydrogens is 234 g/mol. The van der Waals surface area contributed by atoms with Gasteiger partial charge in [-0.3, -0.25) is 9.69 Å². The summed E-state index contributed by atoms with van der Waals surface area (Å²) in [5.41, 5.74) is 1.17. The van der Waals surface area contributed by atoms with Gasteiger partial charge in [0.1, 0.15) is 6.04 Å². The molecular formula is C13H19NO2S. The summed E-state index contributed by atoms with van der Waals surface area (Å²) in [5, 5.41) is 0. The molecule has 94 valence electrons. The molecule has 0 aliphatic heterocycles. The minimum Gasteiger partial charge on any atom is -0.465 e. The van der Waals surface area contributed by atoms with Gasteiger partial charge < -0.3 is 4.74 Å². The first kappa shape index (κ1) is 14.1. The van der Waals surface area contributed by atoms with E-state index in [0.717, 1.165) is 0 Å². The van der Waals surface area contributed by atoms with E-state index in [-0.39, 0.29) is 12.0 Å². The zero-order chi connectivity index (χ0) is 12.7. The average Bonchev–Trinajstić information content (AvgIpc) is 2.31. The van der Waals surface area contributed by atoms with Crippen molar-refractivity contribution in [3.05, 3.63) is 35.9 Å². The topological polar surface area (TPSA) is 29.5 Å². The molecule has 0 amide bonds. The van der Waals surface area contributed by atoms with Crippen LogP contribution in [0.3, 0.4) is 0 Å². The van der Waals surface area contributed by atoms with Crippen LogP contribution in [-0.4, -0.2) is 36.3 Å². The number of hydrogen-bond acceptors (Lipinski definition) is 4. The largest absolute Gasteiger partial charge is 0.465 e. The van der Waals surface area contributed by atoms with Gasteiger partial charge in [-0.1, -0.05) is 30.3 Å². The van der Waals surface area contributed by atoms with Crippen LogP contribution in [0.2, 0.25) is 0 Å². The summed E-state index contributed by atoms with van der Waals surface area (Å²) in [7, 11) is 1.91. The van der Waals surface area contributed by atoms with Crippen molar-refractivity contribution >= 4 is 18.6 Å². The molecule has 1 atom stereocenters. The van der Waals surface area contributed by atoms with E-state index in [0.29, 0.717) is 18.9 Å². The fraction of sp³-hybridized carbons (Fsp3) is 0.462. The maximum absolute atomic E-state index is 11.7. The number of carbonyl (C=O) groups excluding carboxylic acids is 1. The van der Waals surface area contributed by atoms with Crippen molar-refractivity contribution in [2.24, 2.45) is 0 Å². The van der Waals surface area contributed by atoms with Gasteiger partial charge in [0, 0.05) is 12.3 Å². The number of carbonyl (C=O) groups is 1. The van der Waals surface area contributed by atoms with E-state index in [4.69, 9.17) is 4.74 Å². The van der Waals surface area contributed by atoms with E-state index in [2.05, 4.69) is 12.6 Å². The van der Waals surface area contributed by atoms with Crippen LogP contribution in [0, 0.1) is 0 Å². The fourth-order valence-corrected chi connectivity index (χ4v) is 2.04. The summed E-state index contributed by atoms with van der Waals surface area (Å²) in [6, 6.07) is 9.74. The third-order valence-corrected chi connectivity index (χ3v) is 2.88. The normalized spacial score (nSPS) is 12.5. The molecule has 0 saturated heterocycles. The van der Waals surface area contributed by atoms with Crippen molar-refractivity contribution in [3.63, 3.8) is 0 Å². The second-order valence-corrected chi connectivity index (χ2v) is 4.22. The van der Waals surface area contributed by atoms with E-state index >= 15 is 0 Å². The quantitative estimate of drug-likeness (QED) is 0.621. The first-order chi connectivity index (χ1) is 8.19. The summed E-state index contributed by atoms with van der Waals surface area (Å²) >= 11 is 4.21. The van der Waals surface area contributed by atoms with E-state index in [1.165, 1.54) is 5.56 Å². The zero-order valence-electron chi connectivity index (χ0n) is 10.3. The smallest absolute Gasteiger partial charge is 0.324 e. The maximum atomic E-state index is 11.7. The standard InChI is InChI=1S/C13H19NO2S/c1-3-16-13(15)12(10-17)14(2)9-11-7-5-4-6-8-11/h4-8,12,17H,3,9-10H2,1-2H3/t12-/m0/s1. The molecule has 1 aromatic rings. The van der Waals surface area contributed by atoms with E-state index in [1.54, 1.807) is 0 Å². The Morgan fingerprint density at radius 1 is 1.41 bits per heavy atom. The van der Waals surface area contributed by atoms with Crippen molar-refractivity contribution in [3.8, 4) is 0 Å². The van der Waals surface area contributed by atoms with Gasteiger partial charge in [0.05, 0.1) is 6.61 Å². The lowest BCUT2D eigenvalue weighted by molar-refractivity contribution is -0.148. The first-order valence-electron chi connectivity index (χ1n) is 5.70. The maximum Gasteiger partial charge on any atom is 0.324 e. The first-order valence-corrected chi connectivity index (χ1v) is 6.34. The van der Waals surface area contributed by atoms with Crippen molar-refractivity contribution in [1.29, 1.82) is 0 Å². The van der Waals surface area contributed by atoms with Crippen molar-refractivity contribution in [1.82, 2.24) is 4.90 Å². The van der Waals surface area contributed by atoms with Gasteiger partial charge in [-0.25, -0.2) is 0 Å². The highest BCUT2D eigenvalue weighted by Crippen LogP contribution is 2.08. The lowest BCUT2D eigenvalue weighted by atomic mass is 10.2. The molecule has 0 radical (unpaired) electrons. The molecule has 1 aromatic carbocycles. The van der Waals surface area contributed by atoms with Crippen molar-refractivity contribution in [2.45, 2.75) is 19.5 Å². The lowest BCUT2D eigenvalue weighted by Crippen LogP contribution is -2.40. The molecule has 0 aliphatic rings. The molecule has 0 unspecified atom stereocenters. The number of nitrogens with zero attached hydrogens (tertiary/aromatic N) is 1. The molecule has 1 rings (SSSR count). The summed E-state index contributed by atoms with van der Waals surface area (Å²) < 4.78 is 5.02. The number of thiol groups is 1. The van der Waals surface area contributed by atoms with E-state index in [9.17, 15) is 4.79 Å². The van der Waals surface area contributed by atoms with Crippen LogP contribution >= 0.6 is 12.6 Å². The fourth-order valence-electron chi connectivity index (χ4n) is 1.61. The number of ether oxygens (including phenoxy) is 1. The molecule has 0 aromatic heterocycles. The van der Waals surface area contributed by atoms with Gasteiger partial charge >= 0.3 is 5.97 Å². The minimum atomic E-state index is -0.293. The van der Waals surface area contributed by atoms with Gasteiger partial charge in [-0.15, -0.1) is 0 Å². The third kappa shape index (κ3) is 4.40. The SMILES string of the molecule is CCOC(=O)[C@H](CS)N(C)Cc1ccccc1. The molecule has 4 heteroatoms. The highest BCUT2D eigenvalue weighted by atomic mass is 32.1. The number of hydrogen-bond donors (Lipinski definition) is 1. The Labute approximate surface area is 108 Å². The van der Waals surface area contributed by atoms with Crippen LogP contribution in [0.5, 0.6) is 0 Å². The Morgan fingerprint density at radius 2 is 2.06 bits per heavy atom. The highest BCUT2D eigenvalue weighted by Gasteiger charge is 2.22. The molecule has 0 spiro atoms. The van der Waals surface area contributed by atoms with E-state index in [1.807, 2.05) is 49.2 Å². The monoisotopic (exact) mass is 253 g/mol. The second-order valence-electron chi connectivity index (χ2n) is 3.85. The van der Waals surface area contributed by atoms with Gasteiger partial charge in [-0.2, -0.15) is 12.6 Å². The third-order valence-electron chi connectivity index (χ3n) is 2.54. The number of likely N-dealkylation sites (N-methyl/N-ethyl adjacent to an activating group) is 1. The van der Waals surface area contributed by atoms with Gasteiger partial charge in [0.15, 0.2) is 0 Å². The molecule has 0 fully saturated rings. The minimum absolute atomic E-state index is 0.207. The van der Waals surface area contributed by atoms with E-state index < -0.39 is 0 Å². The molecule has 0 aliphatic carbocycles. The molecule has 0 saturated carbocycles. The highest BCUT2D eigenvalue weighted by molar-refractivity contribution is 7.80. The summed E-state index contributed by atoms with van der Waals surface area (Å²) in [4.78, 5) is 13.7. The number of rotatable bonds is 6. The Balaban J connectivity index is 2.60. The molecule has 3 nitrogen and oxygen atoms in total. The molecule has 17 heavy (non-hydrogen) atoms. The number of benzene rings is 1. The Morgan fingerprint density at radius 3 is 2.59 bits per heavy atom. The summed E-state index contributed by atoms with van der Waals surface area (Å²) in [5.74, 6) is 0.253. The lowest BCUT2D eigenvalue weighted by Gasteiger charge is -2.24. The van der Waals surface area contributed by atoms with Crippen molar-refractivity contribution in [2.75, 3.05) is 19.4 Å². The Bertz CT molecular complexity index is 343. The van der Waals surface area contributed by atoms with Gasteiger partial charge in [0.25, 0.3) is 0 Å². The predicted molar refractivity (Wildman–Crippen MR) is 72.2 cm³/mol. The summed E-state index contributed by atoms with van der Waals surface area (Å²) in [6.07, 6.45) is 0. The molecule has 0 N–H and O–H groups in total.